The molecule has 13 heteroatoms. The number of aliphatic hydroxyl groups excluding tert-OH is 1. The van der Waals surface area contributed by atoms with Gasteiger partial charge in [0.1, 0.15) is 5.82 Å². The van der Waals surface area contributed by atoms with Crippen LogP contribution in [0.2, 0.25) is 5.15 Å². The number of nitrogens with zero attached hydrogens (tertiary/aromatic N) is 2. The number of sulfonamides is 1. The molecule has 0 spiro atoms. The number of imidazole rings is 1. The normalized spacial score (nSPS) is 12.1. The maximum atomic E-state index is 12.8. The van der Waals surface area contributed by atoms with E-state index in [0.29, 0.717) is 23.8 Å². The molecule has 0 aliphatic heterocycles. The minimum atomic E-state index is -5.70. The van der Waals surface area contributed by atoms with Gasteiger partial charge in [-0.25, -0.2) is 4.98 Å². The Morgan fingerprint density at radius 2 is 1.84 bits per heavy atom. The number of aryl methyl sites for hydroxylation is 1. The molecule has 8 nitrogen and oxygen atoms in total. The first-order chi connectivity index (χ1) is 18.0. The number of carbonyl (C=O) groups is 1. The Morgan fingerprint density at radius 1 is 1.16 bits per heavy atom. The van der Waals surface area contributed by atoms with Crippen molar-refractivity contribution in [2.24, 2.45) is 0 Å². The molecule has 0 bridgehead atoms. The Balaban J connectivity index is 1.79. The minimum absolute atomic E-state index is 0.278. The third kappa shape index (κ3) is 7.07. The van der Waals surface area contributed by atoms with Gasteiger partial charge in [0.2, 0.25) is 0 Å². The number of halogens is 4. The van der Waals surface area contributed by atoms with E-state index in [1.807, 2.05) is 4.57 Å². The van der Waals surface area contributed by atoms with E-state index in [9.17, 15) is 26.4 Å². The van der Waals surface area contributed by atoms with Crippen LogP contribution in [0.25, 0.3) is 0 Å². The Morgan fingerprint density at radius 3 is 2.47 bits per heavy atom. The summed E-state index contributed by atoms with van der Waals surface area (Å²) in [5.74, 6) is 0.0213. The molecule has 0 atom stereocenters. The summed E-state index contributed by atoms with van der Waals surface area (Å²) in [6.45, 7) is 2.50. The molecule has 0 aliphatic rings. The van der Waals surface area contributed by atoms with Gasteiger partial charge in [0, 0.05) is 25.1 Å². The second-order valence-electron chi connectivity index (χ2n) is 8.29. The van der Waals surface area contributed by atoms with Crippen molar-refractivity contribution >= 4 is 38.9 Å². The molecular weight excluding hydrogens is 545 g/mol. The van der Waals surface area contributed by atoms with E-state index in [0.717, 1.165) is 48.7 Å². The van der Waals surface area contributed by atoms with E-state index < -0.39 is 27.1 Å². The second-order valence-corrected chi connectivity index (χ2v) is 10.3. The zero-order chi connectivity index (χ0) is 27.9. The fourth-order valence-electron chi connectivity index (χ4n) is 3.62. The van der Waals surface area contributed by atoms with Gasteiger partial charge >= 0.3 is 15.5 Å². The molecule has 0 fully saturated rings. The fraction of sp³-hybridized carbons (Fsp3) is 0.280. The molecule has 1 amide bonds. The van der Waals surface area contributed by atoms with Gasteiger partial charge in [-0.3, -0.25) is 9.52 Å². The van der Waals surface area contributed by atoms with Gasteiger partial charge in [-0.05, 0) is 42.3 Å². The van der Waals surface area contributed by atoms with Crippen LogP contribution in [0.3, 0.4) is 0 Å². The maximum Gasteiger partial charge on any atom is 0.516 e. The summed E-state index contributed by atoms with van der Waals surface area (Å²) in [5.41, 5.74) is -4.35. The van der Waals surface area contributed by atoms with Gasteiger partial charge in [0.05, 0.1) is 23.2 Å². The Kier molecular flexibility index (Phi) is 9.45. The first-order valence-electron chi connectivity index (χ1n) is 11.6. The number of aromatic nitrogens is 2. The van der Waals surface area contributed by atoms with Crippen molar-refractivity contribution in [3.05, 3.63) is 88.7 Å². The fourth-order valence-corrected chi connectivity index (χ4v) is 4.48. The van der Waals surface area contributed by atoms with E-state index in [2.05, 4.69) is 17.2 Å². The molecular formula is C25H26ClF3N4O4S. The molecule has 3 aromatic rings. The van der Waals surface area contributed by atoms with Gasteiger partial charge in [-0.15, -0.1) is 0 Å². The van der Waals surface area contributed by atoms with Crippen molar-refractivity contribution in [1.29, 1.82) is 0 Å². The third-order valence-electron chi connectivity index (χ3n) is 5.55. The van der Waals surface area contributed by atoms with Crippen LogP contribution in [-0.2, 0) is 29.4 Å². The van der Waals surface area contributed by atoms with Gasteiger partial charge in [-0.1, -0.05) is 49.2 Å². The SMILES string of the molecule is CCCCc1nc(Cl)c(CC=CO)n1Cc1ccc(NC(=O)c2ccccc2NS(=O)(=O)C(F)(F)F)cc1. The van der Waals surface area contributed by atoms with Crippen LogP contribution in [0.5, 0.6) is 0 Å². The number of carbonyl (C=O) groups excluding carboxylic acids is 1. The van der Waals surface area contributed by atoms with Crippen LogP contribution in [0.4, 0.5) is 24.5 Å². The average molecular weight is 571 g/mol. The molecule has 0 radical (unpaired) electrons. The van der Waals surface area contributed by atoms with Crippen molar-refractivity contribution in [3.63, 3.8) is 0 Å². The van der Waals surface area contributed by atoms with Crippen molar-refractivity contribution < 1.29 is 31.5 Å². The third-order valence-corrected chi connectivity index (χ3v) is 6.95. The van der Waals surface area contributed by atoms with Crippen molar-refractivity contribution in [1.82, 2.24) is 9.55 Å². The van der Waals surface area contributed by atoms with Gasteiger partial charge in [0.15, 0.2) is 5.15 Å². The van der Waals surface area contributed by atoms with Crippen LogP contribution >= 0.6 is 11.6 Å². The smallest absolute Gasteiger partial charge is 0.516 e. The summed E-state index contributed by atoms with van der Waals surface area (Å²) in [4.78, 5) is 17.2. The van der Waals surface area contributed by atoms with Crippen LogP contribution in [0.15, 0.2) is 60.9 Å². The number of aliphatic hydroxyl groups is 1. The number of hydrogen-bond acceptors (Lipinski definition) is 5. The number of unbranched alkanes of at least 4 members (excludes halogenated alkanes) is 1. The standard InChI is InChI=1S/C25H26ClF3N4O4S/c1-2-3-10-22-31-23(26)21(9-6-15-34)33(22)16-17-11-13-18(14-12-17)30-24(35)19-7-4-5-8-20(19)32-38(36,37)25(27,28)29/h4-8,11-15,32,34H,2-3,9-10,16H2,1H3,(H,30,35). The zero-order valence-corrected chi connectivity index (χ0v) is 21.9. The van der Waals surface area contributed by atoms with Gasteiger partial charge in [0.25, 0.3) is 5.91 Å². The number of alkyl halides is 3. The summed E-state index contributed by atoms with van der Waals surface area (Å²) in [6.07, 6.45) is 5.53. The van der Waals surface area contributed by atoms with E-state index in [4.69, 9.17) is 16.7 Å². The topological polar surface area (TPSA) is 113 Å². The molecule has 0 saturated heterocycles. The highest BCUT2D eigenvalue weighted by molar-refractivity contribution is 7.93. The van der Waals surface area contributed by atoms with Crippen LogP contribution in [0.1, 0.15) is 47.2 Å². The van der Waals surface area contributed by atoms with E-state index in [1.165, 1.54) is 22.9 Å². The number of hydrogen-bond donors (Lipinski definition) is 3. The summed E-state index contributed by atoms with van der Waals surface area (Å²) >= 11 is 6.35. The summed E-state index contributed by atoms with van der Waals surface area (Å²) in [7, 11) is -5.70. The quantitative estimate of drug-likeness (QED) is 0.243. The lowest BCUT2D eigenvalue weighted by atomic mass is 10.1. The minimum Gasteiger partial charge on any atom is -0.516 e. The first-order valence-corrected chi connectivity index (χ1v) is 13.4. The summed E-state index contributed by atoms with van der Waals surface area (Å²) in [6, 6.07) is 11.7. The molecule has 38 heavy (non-hydrogen) atoms. The number of amides is 1. The Labute approximate surface area is 223 Å². The van der Waals surface area contributed by atoms with E-state index in [1.54, 1.807) is 30.3 Å². The predicted molar refractivity (Wildman–Crippen MR) is 140 cm³/mol. The molecule has 204 valence electrons. The predicted octanol–water partition coefficient (Wildman–Crippen LogP) is 6.06. The molecule has 3 N–H and O–H groups in total. The van der Waals surface area contributed by atoms with Crippen molar-refractivity contribution in [3.8, 4) is 0 Å². The number of para-hydroxylation sites is 1. The van der Waals surface area contributed by atoms with E-state index >= 15 is 0 Å². The van der Waals surface area contributed by atoms with Gasteiger partial charge < -0.3 is 15.0 Å². The molecule has 0 saturated carbocycles. The molecule has 2 aromatic carbocycles. The van der Waals surface area contributed by atoms with Crippen LogP contribution < -0.4 is 10.0 Å². The summed E-state index contributed by atoms with van der Waals surface area (Å²) in [5, 5.41) is 12.0. The highest BCUT2D eigenvalue weighted by Crippen LogP contribution is 2.28. The highest BCUT2D eigenvalue weighted by atomic mass is 35.5. The summed E-state index contributed by atoms with van der Waals surface area (Å²) < 4.78 is 64.8. The zero-order valence-electron chi connectivity index (χ0n) is 20.3. The molecule has 3 rings (SSSR count). The van der Waals surface area contributed by atoms with Crippen LogP contribution in [-0.4, -0.2) is 34.5 Å². The van der Waals surface area contributed by atoms with Crippen molar-refractivity contribution in [2.75, 3.05) is 10.0 Å². The molecule has 0 unspecified atom stereocenters. The maximum absolute atomic E-state index is 12.8. The molecule has 1 aromatic heterocycles. The Hall–Kier alpha value is -3.51. The second kappa shape index (κ2) is 12.4. The monoisotopic (exact) mass is 570 g/mol. The average Bonchev–Trinajstić information content (AvgIpc) is 3.15. The number of anilines is 2. The van der Waals surface area contributed by atoms with E-state index in [-0.39, 0.29) is 5.56 Å². The lowest BCUT2D eigenvalue weighted by molar-refractivity contribution is -0.0429. The Bertz CT molecular complexity index is 1400. The highest BCUT2D eigenvalue weighted by Gasteiger charge is 2.46. The molecule has 1 heterocycles. The van der Waals surface area contributed by atoms with Crippen LogP contribution in [0, 0.1) is 0 Å². The van der Waals surface area contributed by atoms with Crippen molar-refractivity contribution in [2.45, 2.75) is 44.7 Å². The molecule has 0 aliphatic carbocycles. The largest absolute Gasteiger partial charge is 0.516 e. The number of allylic oxidation sites excluding steroid dienone is 1. The number of rotatable bonds is 11. The number of benzene rings is 2. The first kappa shape index (κ1) is 29.1. The van der Waals surface area contributed by atoms with Gasteiger partial charge in [-0.2, -0.15) is 21.6 Å². The lowest BCUT2D eigenvalue weighted by Gasteiger charge is -2.14. The number of nitrogens with one attached hydrogen (secondary N) is 2. The lowest BCUT2D eigenvalue weighted by Crippen LogP contribution is -2.30.